The van der Waals surface area contributed by atoms with E-state index in [1.807, 2.05) is 30.3 Å². The lowest BCUT2D eigenvalue weighted by atomic mass is 10.0. The van der Waals surface area contributed by atoms with Gasteiger partial charge in [-0.1, -0.05) is 43.3 Å². The summed E-state index contributed by atoms with van der Waals surface area (Å²) in [6, 6.07) is 17.1. The number of para-hydroxylation sites is 1. The van der Waals surface area contributed by atoms with E-state index >= 15 is 0 Å². The predicted octanol–water partition coefficient (Wildman–Crippen LogP) is 4.12. The number of hydrogen-bond acceptors (Lipinski definition) is 3. The number of alkyl halides is 2. The van der Waals surface area contributed by atoms with Crippen molar-refractivity contribution in [3.05, 3.63) is 66.2 Å². The van der Waals surface area contributed by atoms with Gasteiger partial charge in [0.05, 0.1) is 17.3 Å². The van der Waals surface area contributed by atoms with Gasteiger partial charge in [0.15, 0.2) is 5.82 Å². The fourth-order valence-corrected chi connectivity index (χ4v) is 3.54. The van der Waals surface area contributed by atoms with E-state index in [9.17, 15) is 18.4 Å². The molecule has 1 aromatic heterocycles. The van der Waals surface area contributed by atoms with Crippen molar-refractivity contribution >= 4 is 17.6 Å². The van der Waals surface area contributed by atoms with E-state index in [0.29, 0.717) is 11.3 Å². The lowest BCUT2D eigenvalue weighted by molar-refractivity contribution is -0.123. The zero-order valence-electron chi connectivity index (χ0n) is 16.9. The molecule has 0 saturated carbocycles. The maximum Gasteiger partial charge on any atom is 0.273 e. The molecule has 1 fully saturated rings. The Balaban J connectivity index is 1.72. The van der Waals surface area contributed by atoms with Crippen molar-refractivity contribution in [2.45, 2.75) is 25.7 Å². The highest BCUT2D eigenvalue weighted by Gasteiger charge is 2.30. The number of nitrogens with one attached hydrogen (secondary N) is 2. The van der Waals surface area contributed by atoms with Gasteiger partial charge in [-0.2, -0.15) is 0 Å². The number of aromatic nitrogens is 2. The molecule has 2 amide bonds. The van der Waals surface area contributed by atoms with Crippen LogP contribution in [0.4, 0.5) is 14.6 Å². The van der Waals surface area contributed by atoms with Crippen LogP contribution in [0, 0.1) is 5.92 Å². The number of carbonyl (C=O) groups excluding carboxylic acids is 2. The number of halogens is 2. The van der Waals surface area contributed by atoms with E-state index in [4.69, 9.17) is 0 Å². The molecule has 8 heteroatoms. The van der Waals surface area contributed by atoms with Gasteiger partial charge in [0, 0.05) is 36.6 Å². The topological polar surface area (TPSA) is 76.0 Å². The van der Waals surface area contributed by atoms with Crippen LogP contribution in [0.5, 0.6) is 0 Å². The summed E-state index contributed by atoms with van der Waals surface area (Å²) in [5.41, 5.74) is 1.77. The van der Waals surface area contributed by atoms with E-state index in [-0.39, 0.29) is 42.6 Å². The fourth-order valence-electron chi connectivity index (χ4n) is 3.54. The number of anilines is 1. The molecule has 2 heterocycles. The molecule has 1 aliphatic heterocycles. The first-order valence-corrected chi connectivity index (χ1v) is 10.1. The van der Waals surface area contributed by atoms with Crippen LogP contribution in [0.15, 0.2) is 60.7 Å². The second kappa shape index (κ2) is 8.29. The summed E-state index contributed by atoms with van der Waals surface area (Å²) in [4.78, 5) is 23.9. The van der Waals surface area contributed by atoms with E-state index in [1.165, 1.54) is 19.1 Å². The minimum atomic E-state index is -2.94. The zero-order chi connectivity index (χ0) is 22.0. The van der Waals surface area contributed by atoms with Crippen LogP contribution in [-0.4, -0.2) is 28.1 Å². The molecule has 1 saturated heterocycles. The van der Waals surface area contributed by atoms with E-state index in [2.05, 4.69) is 15.7 Å². The third-order valence-corrected chi connectivity index (χ3v) is 5.33. The highest BCUT2D eigenvalue weighted by Crippen LogP contribution is 2.35. The summed E-state index contributed by atoms with van der Waals surface area (Å²) < 4.78 is 30.2. The number of rotatable bonds is 6. The normalized spacial score (nSPS) is 16.2. The predicted molar refractivity (Wildman–Crippen MR) is 113 cm³/mol. The van der Waals surface area contributed by atoms with Crippen molar-refractivity contribution in [2.24, 2.45) is 5.92 Å². The minimum Gasteiger partial charge on any atom is -0.355 e. The van der Waals surface area contributed by atoms with Gasteiger partial charge in [0.25, 0.3) is 5.92 Å². The van der Waals surface area contributed by atoms with Gasteiger partial charge >= 0.3 is 0 Å². The number of carbonyl (C=O) groups is 2. The molecule has 1 aliphatic rings. The Labute approximate surface area is 178 Å². The molecule has 6 nitrogen and oxygen atoms in total. The summed E-state index contributed by atoms with van der Waals surface area (Å²) in [7, 11) is 0. The molecule has 0 radical (unpaired) electrons. The van der Waals surface area contributed by atoms with Crippen molar-refractivity contribution in [3.63, 3.8) is 0 Å². The summed E-state index contributed by atoms with van der Waals surface area (Å²) in [5, 5.41) is 9.87. The quantitative estimate of drug-likeness (QED) is 0.625. The zero-order valence-corrected chi connectivity index (χ0v) is 16.9. The van der Waals surface area contributed by atoms with Gasteiger partial charge in [-0.25, -0.2) is 13.5 Å². The molecule has 160 valence electrons. The molecule has 4 rings (SSSR count). The number of benzene rings is 2. The van der Waals surface area contributed by atoms with Crippen molar-refractivity contribution in [2.75, 3.05) is 11.9 Å². The van der Waals surface area contributed by atoms with Crippen LogP contribution in [0.25, 0.3) is 16.9 Å². The monoisotopic (exact) mass is 424 g/mol. The van der Waals surface area contributed by atoms with Crippen LogP contribution in [-0.2, 0) is 15.5 Å². The third-order valence-electron chi connectivity index (χ3n) is 5.33. The Morgan fingerprint density at radius 2 is 1.97 bits per heavy atom. The molecule has 0 unspecified atom stereocenters. The van der Waals surface area contributed by atoms with Crippen LogP contribution >= 0.6 is 0 Å². The van der Waals surface area contributed by atoms with Gasteiger partial charge in [0.1, 0.15) is 0 Å². The van der Waals surface area contributed by atoms with Crippen molar-refractivity contribution in [1.29, 1.82) is 0 Å². The molecule has 1 atom stereocenters. The first kappa shape index (κ1) is 20.7. The SMILES string of the molecule is CCC(F)(F)c1cccc(-c2cc(NC(=O)[C@H]3CNC(=O)C3)nn2-c2ccccc2)c1. The maximum absolute atomic E-state index is 14.3. The Kier molecular flexibility index (Phi) is 5.54. The van der Waals surface area contributed by atoms with Crippen molar-refractivity contribution in [3.8, 4) is 16.9 Å². The molecule has 2 aromatic carbocycles. The lowest BCUT2D eigenvalue weighted by Crippen LogP contribution is -2.24. The molecular formula is C23H22F2N4O2. The summed E-state index contributed by atoms with van der Waals surface area (Å²) in [6.45, 7) is 1.72. The molecule has 0 aliphatic carbocycles. The van der Waals surface area contributed by atoms with Crippen LogP contribution in [0.1, 0.15) is 25.3 Å². The highest BCUT2D eigenvalue weighted by molar-refractivity contribution is 5.97. The average molecular weight is 424 g/mol. The Morgan fingerprint density at radius 1 is 1.19 bits per heavy atom. The largest absolute Gasteiger partial charge is 0.355 e. The Bertz CT molecular complexity index is 1110. The average Bonchev–Trinajstić information content (AvgIpc) is 3.41. The summed E-state index contributed by atoms with van der Waals surface area (Å²) >= 11 is 0. The highest BCUT2D eigenvalue weighted by atomic mass is 19.3. The third kappa shape index (κ3) is 4.33. The van der Waals surface area contributed by atoms with Gasteiger partial charge in [0.2, 0.25) is 11.8 Å². The Hall–Kier alpha value is -3.55. The molecular weight excluding hydrogens is 402 g/mol. The van der Waals surface area contributed by atoms with Crippen LogP contribution in [0.3, 0.4) is 0 Å². The maximum atomic E-state index is 14.3. The smallest absolute Gasteiger partial charge is 0.273 e. The lowest BCUT2D eigenvalue weighted by Gasteiger charge is -2.15. The van der Waals surface area contributed by atoms with Gasteiger partial charge in [-0.15, -0.1) is 5.10 Å². The Morgan fingerprint density at radius 3 is 2.65 bits per heavy atom. The second-order valence-corrected chi connectivity index (χ2v) is 7.50. The van der Waals surface area contributed by atoms with Crippen molar-refractivity contribution < 1.29 is 18.4 Å². The number of hydrogen-bond donors (Lipinski definition) is 2. The first-order valence-electron chi connectivity index (χ1n) is 10.1. The van der Waals surface area contributed by atoms with E-state index in [1.54, 1.807) is 22.9 Å². The summed E-state index contributed by atoms with van der Waals surface area (Å²) in [5.74, 6) is -3.59. The number of amides is 2. The van der Waals surface area contributed by atoms with Gasteiger partial charge in [-0.3, -0.25) is 9.59 Å². The fraction of sp³-hybridized carbons (Fsp3) is 0.261. The molecule has 0 bridgehead atoms. The standard InChI is InChI=1S/C23H22F2N4O2/c1-2-23(24,25)17-8-6-7-15(11-17)19-13-20(27-22(31)16-12-21(30)26-14-16)28-29(19)18-9-4-3-5-10-18/h3-11,13,16H,2,12,14H2,1H3,(H,26,30)(H,27,28,31)/t16-/m1/s1. The minimum absolute atomic E-state index is 0.0746. The number of nitrogens with zero attached hydrogens (tertiary/aromatic N) is 2. The van der Waals surface area contributed by atoms with Gasteiger partial charge < -0.3 is 10.6 Å². The van der Waals surface area contributed by atoms with E-state index in [0.717, 1.165) is 5.69 Å². The molecule has 31 heavy (non-hydrogen) atoms. The second-order valence-electron chi connectivity index (χ2n) is 7.50. The summed E-state index contributed by atoms with van der Waals surface area (Å²) in [6.07, 6.45) is -0.171. The molecule has 2 N–H and O–H groups in total. The first-order chi connectivity index (χ1) is 14.9. The van der Waals surface area contributed by atoms with Crippen molar-refractivity contribution in [1.82, 2.24) is 15.1 Å². The van der Waals surface area contributed by atoms with E-state index < -0.39 is 11.8 Å². The molecule has 0 spiro atoms. The van der Waals surface area contributed by atoms with Crippen LogP contribution in [0.2, 0.25) is 0 Å². The van der Waals surface area contributed by atoms with Gasteiger partial charge in [-0.05, 0) is 18.2 Å². The molecule has 3 aromatic rings. The van der Waals surface area contributed by atoms with Crippen LogP contribution < -0.4 is 10.6 Å².